The lowest BCUT2D eigenvalue weighted by atomic mass is 9.74. The second-order valence-electron chi connectivity index (χ2n) is 10.4. The van der Waals surface area contributed by atoms with Crippen LogP contribution < -0.4 is 4.90 Å². The van der Waals surface area contributed by atoms with Crippen molar-refractivity contribution in [2.45, 2.75) is 26.3 Å². The number of hydrogen-bond donors (Lipinski definition) is 0. The molecule has 1 saturated heterocycles. The van der Waals surface area contributed by atoms with Crippen LogP contribution in [0.5, 0.6) is 0 Å². The third-order valence-corrected chi connectivity index (χ3v) is 7.95. The minimum absolute atomic E-state index is 0.116. The smallest absolute Gasteiger partial charge is 0.167 e. The molecule has 0 bridgehead atoms. The van der Waals surface area contributed by atoms with E-state index in [-0.39, 0.29) is 11.8 Å². The van der Waals surface area contributed by atoms with E-state index in [0.717, 1.165) is 52.9 Å². The third-order valence-electron chi connectivity index (χ3n) is 7.01. The first-order valence-electron chi connectivity index (χ1n) is 12.5. The molecule has 36 heavy (non-hydrogen) atoms. The number of aromatic nitrogens is 1. The Balaban J connectivity index is 1.60. The highest BCUT2D eigenvalue weighted by Crippen LogP contribution is 2.42. The third kappa shape index (κ3) is 4.99. The minimum atomic E-state index is -0.474. The summed E-state index contributed by atoms with van der Waals surface area (Å²) in [6, 6.07) is 25.0. The molecule has 1 aliphatic rings. The Kier molecular flexibility index (Phi) is 6.78. The minimum Gasteiger partial charge on any atom is -0.378 e. The second-order valence-corrected chi connectivity index (χ2v) is 11.5. The first kappa shape index (κ1) is 24.4. The fourth-order valence-electron chi connectivity index (χ4n) is 5.11. The van der Waals surface area contributed by atoms with Crippen LogP contribution in [0.3, 0.4) is 0 Å². The number of anilines is 1. The molecule has 2 aromatic heterocycles. The number of Topliss-reactive ketones (excluding diaryl/α,β-unsaturated/α-hetero) is 1. The quantitative estimate of drug-likeness (QED) is 0.281. The van der Waals surface area contributed by atoms with E-state index < -0.39 is 5.41 Å². The molecule has 0 saturated carbocycles. The van der Waals surface area contributed by atoms with Gasteiger partial charge in [-0.15, -0.1) is 11.3 Å². The molecule has 4 nitrogen and oxygen atoms in total. The van der Waals surface area contributed by atoms with Crippen LogP contribution in [0.4, 0.5) is 5.69 Å². The van der Waals surface area contributed by atoms with Crippen LogP contribution in [0.15, 0.2) is 83.7 Å². The lowest BCUT2D eigenvalue weighted by molar-refractivity contribution is -0.128. The summed E-state index contributed by atoms with van der Waals surface area (Å²) < 4.78 is 0. The standard InChI is InChI=1S/C31H33N3OS/c1-31(2)21-34(18-17-26-9-7-19-36-26)29(23-12-15-25(16-13-23)33(3)4)27(30(31)35)20-24-14-11-22-8-5-6-10-28(22)32-24/h5-16,19-20,29H,17-18,21H2,1-4H3. The zero-order chi connectivity index (χ0) is 25.3. The first-order chi connectivity index (χ1) is 17.3. The lowest BCUT2D eigenvalue weighted by Gasteiger charge is -2.44. The van der Waals surface area contributed by atoms with Gasteiger partial charge in [-0.2, -0.15) is 0 Å². The van der Waals surface area contributed by atoms with E-state index in [1.54, 1.807) is 11.3 Å². The summed E-state index contributed by atoms with van der Waals surface area (Å²) in [6.45, 7) is 5.75. The van der Waals surface area contributed by atoms with Crippen LogP contribution in [-0.2, 0) is 11.2 Å². The monoisotopic (exact) mass is 495 g/mol. The summed E-state index contributed by atoms with van der Waals surface area (Å²) in [4.78, 5) is 24.8. The Morgan fingerprint density at radius 2 is 1.81 bits per heavy atom. The molecule has 0 radical (unpaired) electrons. The maximum absolute atomic E-state index is 13.9. The van der Waals surface area contributed by atoms with Crippen molar-refractivity contribution in [2.24, 2.45) is 5.41 Å². The molecule has 0 spiro atoms. The molecule has 0 N–H and O–H groups in total. The number of para-hydroxylation sites is 1. The van der Waals surface area contributed by atoms with Crippen molar-refractivity contribution in [3.63, 3.8) is 0 Å². The van der Waals surface area contributed by atoms with Crippen LogP contribution in [0.25, 0.3) is 17.0 Å². The average molecular weight is 496 g/mol. The Labute approximate surface area is 217 Å². The molecule has 0 aliphatic carbocycles. The van der Waals surface area contributed by atoms with Crippen LogP contribution in [0.2, 0.25) is 0 Å². The number of hydrogen-bond acceptors (Lipinski definition) is 5. The first-order valence-corrected chi connectivity index (χ1v) is 13.4. The van der Waals surface area contributed by atoms with Gasteiger partial charge in [0.05, 0.1) is 17.3 Å². The molecule has 3 heterocycles. The van der Waals surface area contributed by atoms with Crippen LogP contribution in [0.1, 0.15) is 36.0 Å². The number of fused-ring (bicyclic) bond motifs is 1. The van der Waals surface area contributed by atoms with Gasteiger partial charge in [0.2, 0.25) is 0 Å². The number of nitrogens with zero attached hydrogens (tertiary/aromatic N) is 3. The summed E-state index contributed by atoms with van der Waals surface area (Å²) >= 11 is 1.79. The number of rotatable bonds is 6. The number of benzene rings is 2. The molecule has 184 valence electrons. The molecule has 1 unspecified atom stereocenters. The van der Waals surface area contributed by atoms with E-state index in [4.69, 9.17) is 4.98 Å². The van der Waals surface area contributed by atoms with E-state index >= 15 is 0 Å². The van der Waals surface area contributed by atoms with Crippen LogP contribution in [-0.4, -0.2) is 42.9 Å². The zero-order valence-corrected chi connectivity index (χ0v) is 22.3. The van der Waals surface area contributed by atoms with Crippen molar-refractivity contribution in [1.82, 2.24) is 9.88 Å². The van der Waals surface area contributed by atoms with E-state index in [0.29, 0.717) is 0 Å². The number of carbonyl (C=O) groups excluding carboxylic acids is 1. The average Bonchev–Trinajstić information content (AvgIpc) is 3.39. The summed E-state index contributed by atoms with van der Waals surface area (Å²) in [6.07, 6.45) is 2.99. The van der Waals surface area contributed by atoms with E-state index in [9.17, 15) is 4.79 Å². The summed E-state index contributed by atoms with van der Waals surface area (Å²) in [5.41, 5.74) is 4.39. The molecule has 5 heteroatoms. The number of ketones is 1. The lowest BCUT2D eigenvalue weighted by Crippen LogP contribution is -2.49. The van der Waals surface area contributed by atoms with Crippen molar-refractivity contribution in [2.75, 3.05) is 32.1 Å². The number of carbonyl (C=O) groups is 1. The molecule has 0 amide bonds. The summed E-state index contributed by atoms with van der Waals surface area (Å²) in [5, 5.41) is 3.23. The van der Waals surface area contributed by atoms with Gasteiger partial charge in [-0.3, -0.25) is 9.69 Å². The van der Waals surface area contributed by atoms with Crippen LogP contribution >= 0.6 is 11.3 Å². The van der Waals surface area contributed by atoms with E-state index in [2.05, 4.69) is 77.6 Å². The van der Waals surface area contributed by atoms with Crippen molar-refractivity contribution >= 4 is 39.8 Å². The molecule has 1 aliphatic heterocycles. The van der Waals surface area contributed by atoms with Gasteiger partial charge in [0.1, 0.15) is 0 Å². The predicted molar refractivity (Wildman–Crippen MR) is 152 cm³/mol. The predicted octanol–water partition coefficient (Wildman–Crippen LogP) is 6.64. The van der Waals surface area contributed by atoms with Gasteiger partial charge in [0, 0.05) is 54.1 Å². The molecule has 4 aromatic rings. The fourth-order valence-corrected chi connectivity index (χ4v) is 5.81. The number of pyridine rings is 1. The highest BCUT2D eigenvalue weighted by atomic mass is 32.1. The van der Waals surface area contributed by atoms with Crippen LogP contribution in [0, 0.1) is 5.41 Å². The molecular weight excluding hydrogens is 462 g/mol. The van der Waals surface area contributed by atoms with E-state index in [1.807, 2.05) is 44.4 Å². The summed E-state index contributed by atoms with van der Waals surface area (Å²) in [7, 11) is 4.09. The normalized spacial score (nSPS) is 19.2. The Hall–Kier alpha value is -3.28. The van der Waals surface area contributed by atoms with Gasteiger partial charge in [0.25, 0.3) is 0 Å². The SMILES string of the molecule is CN(C)c1ccc(C2C(=Cc3ccc4ccccc4n3)C(=O)C(C)(C)CN2CCc2cccs2)cc1. The van der Waals surface area contributed by atoms with Crippen molar-refractivity contribution in [3.8, 4) is 0 Å². The zero-order valence-electron chi connectivity index (χ0n) is 21.4. The van der Waals surface area contributed by atoms with Crippen molar-refractivity contribution in [1.29, 1.82) is 0 Å². The topological polar surface area (TPSA) is 36.4 Å². The Morgan fingerprint density at radius 1 is 1.03 bits per heavy atom. The van der Waals surface area contributed by atoms with Gasteiger partial charge >= 0.3 is 0 Å². The number of piperidine rings is 1. The maximum atomic E-state index is 13.9. The number of likely N-dealkylation sites (tertiary alicyclic amines) is 1. The molecule has 5 rings (SSSR count). The fraction of sp³-hybridized carbons (Fsp3) is 0.290. The number of thiophene rings is 1. The second kappa shape index (κ2) is 10.00. The van der Waals surface area contributed by atoms with Crippen molar-refractivity contribution in [3.05, 3.63) is 99.9 Å². The van der Waals surface area contributed by atoms with Gasteiger partial charge in [0.15, 0.2) is 5.78 Å². The maximum Gasteiger partial charge on any atom is 0.167 e. The Bertz CT molecular complexity index is 1390. The van der Waals surface area contributed by atoms with Gasteiger partial charge in [-0.05, 0) is 53.8 Å². The highest BCUT2D eigenvalue weighted by Gasteiger charge is 2.43. The largest absolute Gasteiger partial charge is 0.378 e. The summed E-state index contributed by atoms with van der Waals surface area (Å²) in [5.74, 6) is 0.200. The molecular formula is C31H33N3OS. The molecule has 2 aromatic carbocycles. The Morgan fingerprint density at radius 3 is 2.53 bits per heavy atom. The molecule has 1 atom stereocenters. The molecule has 1 fully saturated rings. The highest BCUT2D eigenvalue weighted by molar-refractivity contribution is 7.09. The van der Waals surface area contributed by atoms with Gasteiger partial charge < -0.3 is 4.90 Å². The van der Waals surface area contributed by atoms with Gasteiger partial charge in [-0.1, -0.05) is 56.3 Å². The van der Waals surface area contributed by atoms with Gasteiger partial charge in [-0.25, -0.2) is 4.98 Å². The van der Waals surface area contributed by atoms with E-state index in [1.165, 1.54) is 4.88 Å². The van der Waals surface area contributed by atoms with Crippen molar-refractivity contribution < 1.29 is 4.79 Å².